The summed E-state index contributed by atoms with van der Waals surface area (Å²) in [6.45, 7) is 0. The summed E-state index contributed by atoms with van der Waals surface area (Å²) >= 11 is 12.9. The second kappa shape index (κ2) is 3.85. The third-order valence-electron chi connectivity index (χ3n) is 1.67. The first-order valence-electron chi connectivity index (χ1n) is 3.73. The number of hydrogen-bond donors (Lipinski definition) is 0. The maximum Gasteiger partial charge on any atom is 0.142 e. The first-order valence-corrected chi connectivity index (χ1v) is 5.36. The number of benzene rings is 1. The van der Waals surface area contributed by atoms with Gasteiger partial charge in [-0.2, -0.15) is 0 Å². The molecule has 0 amide bonds. The van der Waals surface area contributed by atoms with Gasteiger partial charge in [0.2, 0.25) is 0 Å². The molecule has 0 N–H and O–H groups in total. The van der Waals surface area contributed by atoms with Gasteiger partial charge < -0.3 is 0 Å². The van der Waals surface area contributed by atoms with E-state index < -0.39 is 5.82 Å². The first-order chi connectivity index (χ1) is 6.68. The highest BCUT2D eigenvalue weighted by molar-refractivity contribution is 7.13. The van der Waals surface area contributed by atoms with Crippen molar-refractivity contribution in [2.24, 2.45) is 0 Å². The summed E-state index contributed by atoms with van der Waals surface area (Å²) in [6, 6.07) is 2.68. The fourth-order valence-corrected chi connectivity index (χ4v) is 2.24. The van der Waals surface area contributed by atoms with Crippen LogP contribution in [0, 0.1) is 5.82 Å². The Hall–Kier alpha value is -0.640. The van der Waals surface area contributed by atoms with Crippen molar-refractivity contribution >= 4 is 34.5 Å². The summed E-state index contributed by atoms with van der Waals surface area (Å²) < 4.78 is 13.1. The fraction of sp³-hybridized carbons (Fsp3) is 0. The second-order valence-electron chi connectivity index (χ2n) is 2.58. The summed E-state index contributed by atoms with van der Waals surface area (Å²) in [5, 5.41) is 2.92. The number of halogens is 3. The topological polar surface area (TPSA) is 12.9 Å². The lowest BCUT2D eigenvalue weighted by atomic mass is 10.2. The monoisotopic (exact) mass is 247 g/mol. The van der Waals surface area contributed by atoms with E-state index in [4.69, 9.17) is 23.2 Å². The van der Waals surface area contributed by atoms with E-state index in [1.807, 2.05) is 0 Å². The molecule has 1 aromatic heterocycles. The molecule has 0 saturated heterocycles. The molecule has 72 valence electrons. The van der Waals surface area contributed by atoms with E-state index in [0.29, 0.717) is 15.6 Å². The smallest absolute Gasteiger partial charge is 0.142 e. The Balaban J connectivity index is 2.60. The molecule has 1 heterocycles. The summed E-state index contributed by atoms with van der Waals surface area (Å²) in [7, 11) is 0. The molecule has 0 aliphatic heterocycles. The van der Waals surface area contributed by atoms with Crippen molar-refractivity contribution in [1.82, 2.24) is 4.98 Å². The fourth-order valence-electron chi connectivity index (χ4n) is 1.04. The highest BCUT2D eigenvalue weighted by Crippen LogP contribution is 2.32. The van der Waals surface area contributed by atoms with Crippen LogP contribution in [0.4, 0.5) is 4.39 Å². The molecule has 0 unspecified atom stereocenters. The SMILES string of the molecule is Fc1cc(-c2nccs2)c(Cl)cc1Cl. The molecule has 2 rings (SSSR count). The summed E-state index contributed by atoms with van der Waals surface area (Å²) in [4.78, 5) is 4.04. The molecule has 0 bridgehead atoms. The Kier molecular flexibility index (Phi) is 2.72. The van der Waals surface area contributed by atoms with Gasteiger partial charge in [-0.1, -0.05) is 23.2 Å². The number of thiazole rings is 1. The molecule has 0 aliphatic carbocycles. The van der Waals surface area contributed by atoms with Crippen molar-refractivity contribution in [3.05, 3.63) is 39.6 Å². The maximum atomic E-state index is 13.1. The normalized spacial score (nSPS) is 10.5. The molecule has 5 heteroatoms. The quantitative estimate of drug-likeness (QED) is 0.687. The largest absolute Gasteiger partial charge is 0.244 e. The van der Waals surface area contributed by atoms with Gasteiger partial charge in [0.25, 0.3) is 0 Å². The van der Waals surface area contributed by atoms with E-state index in [1.165, 1.54) is 23.5 Å². The van der Waals surface area contributed by atoms with Crippen molar-refractivity contribution in [1.29, 1.82) is 0 Å². The molecular formula is C9H4Cl2FNS. The van der Waals surface area contributed by atoms with Crippen molar-refractivity contribution in [2.75, 3.05) is 0 Å². The van der Waals surface area contributed by atoms with Crippen molar-refractivity contribution < 1.29 is 4.39 Å². The van der Waals surface area contributed by atoms with E-state index in [9.17, 15) is 4.39 Å². The number of hydrogen-bond acceptors (Lipinski definition) is 2. The molecule has 1 nitrogen and oxygen atoms in total. The van der Waals surface area contributed by atoms with Crippen molar-refractivity contribution in [2.45, 2.75) is 0 Å². The standard InChI is InChI=1S/C9H4Cl2FNS/c10-6-4-7(11)8(12)3-5(6)9-13-1-2-14-9/h1-4H. The van der Waals surface area contributed by atoms with Gasteiger partial charge in [0.05, 0.1) is 10.0 Å². The summed E-state index contributed by atoms with van der Waals surface area (Å²) in [5.74, 6) is -0.485. The third-order valence-corrected chi connectivity index (χ3v) is 3.08. The minimum Gasteiger partial charge on any atom is -0.244 e. The van der Waals surface area contributed by atoms with Crippen LogP contribution in [0.5, 0.6) is 0 Å². The Labute approximate surface area is 94.1 Å². The highest BCUT2D eigenvalue weighted by atomic mass is 35.5. The molecule has 14 heavy (non-hydrogen) atoms. The molecule has 0 atom stereocenters. The summed E-state index contributed by atoms with van der Waals surface area (Å²) in [5.41, 5.74) is 0.573. The Morgan fingerprint density at radius 2 is 2.00 bits per heavy atom. The van der Waals surface area contributed by atoms with Gasteiger partial charge in [-0.15, -0.1) is 11.3 Å². The van der Waals surface area contributed by atoms with E-state index in [1.54, 1.807) is 11.6 Å². The third kappa shape index (κ3) is 1.75. The lowest BCUT2D eigenvalue weighted by molar-refractivity contribution is 0.629. The molecule has 2 aromatic rings. The summed E-state index contributed by atoms with van der Waals surface area (Å²) in [6.07, 6.45) is 1.64. The van der Waals surface area contributed by atoms with Crippen LogP contribution in [0.2, 0.25) is 10.0 Å². The lowest BCUT2D eigenvalue weighted by Gasteiger charge is -2.01. The predicted molar refractivity (Wildman–Crippen MR) is 57.5 cm³/mol. The molecule has 0 aliphatic rings. The van der Waals surface area contributed by atoms with Gasteiger partial charge >= 0.3 is 0 Å². The Morgan fingerprint density at radius 1 is 1.21 bits per heavy atom. The van der Waals surface area contributed by atoms with E-state index >= 15 is 0 Å². The number of rotatable bonds is 1. The predicted octanol–water partition coefficient (Wildman–Crippen LogP) is 4.26. The average molecular weight is 248 g/mol. The zero-order chi connectivity index (χ0) is 10.1. The van der Waals surface area contributed by atoms with Crippen LogP contribution in [-0.2, 0) is 0 Å². The lowest BCUT2D eigenvalue weighted by Crippen LogP contribution is -1.82. The molecular weight excluding hydrogens is 244 g/mol. The zero-order valence-electron chi connectivity index (χ0n) is 6.80. The van der Waals surface area contributed by atoms with Crippen LogP contribution in [0.25, 0.3) is 10.6 Å². The van der Waals surface area contributed by atoms with Crippen LogP contribution in [0.1, 0.15) is 0 Å². The Morgan fingerprint density at radius 3 is 2.64 bits per heavy atom. The van der Waals surface area contributed by atoms with Crippen molar-refractivity contribution in [3.63, 3.8) is 0 Å². The van der Waals surface area contributed by atoms with Gasteiger partial charge in [0, 0.05) is 17.1 Å². The minimum absolute atomic E-state index is 0.0234. The van der Waals surface area contributed by atoms with Gasteiger partial charge in [-0.25, -0.2) is 9.37 Å². The van der Waals surface area contributed by atoms with Crippen LogP contribution >= 0.6 is 34.5 Å². The van der Waals surface area contributed by atoms with Gasteiger partial charge in [0.15, 0.2) is 0 Å². The highest BCUT2D eigenvalue weighted by Gasteiger charge is 2.10. The van der Waals surface area contributed by atoms with E-state index in [2.05, 4.69) is 4.98 Å². The van der Waals surface area contributed by atoms with E-state index in [-0.39, 0.29) is 5.02 Å². The molecule has 1 aromatic carbocycles. The van der Waals surface area contributed by atoms with Crippen molar-refractivity contribution in [3.8, 4) is 10.6 Å². The van der Waals surface area contributed by atoms with Crippen LogP contribution in [0.3, 0.4) is 0 Å². The molecule has 0 radical (unpaired) electrons. The van der Waals surface area contributed by atoms with Crippen LogP contribution in [0.15, 0.2) is 23.7 Å². The van der Waals surface area contributed by atoms with Crippen LogP contribution in [-0.4, -0.2) is 4.98 Å². The molecule has 0 fully saturated rings. The average Bonchev–Trinajstić information content (AvgIpc) is 2.64. The number of nitrogens with zero attached hydrogens (tertiary/aromatic N) is 1. The second-order valence-corrected chi connectivity index (χ2v) is 4.29. The van der Waals surface area contributed by atoms with Gasteiger partial charge in [-0.3, -0.25) is 0 Å². The van der Waals surface area contributed by atoms with E-state index in [0.717, 1.165) is 0 Å². The zero-order valence-corrected chi connectivity index (χ0v) is 9.13. The number of aromatic nitrogens is 1. The van der Waals surface area contributed by atoms with Gasteiger partial charge in [-0.05, 0) is 12.1 Å². The molecule has 0 saturated carbocycles. The van der Waals surface area contributed by atoms with Crippen LogP contribution < -0.4 is 0 Å². The minimum atomic E-state index is -0.485. The van der Waals surface area contributed by atoms with Gasteiger partial charge in [0.1, 0.15) is 10.8 Å². The molecule has 0 spiro atoms. The first kappa shape index (κ1) is 9.90. The Bertz CT molecular complexity index is 456. The maximum absolute atomic E-state index is 13.1.